The molecule has 3 rings (SSSR count). The summed E-state index contributed by atoms with van der Waals surface area (Å²) in [5, 5.41) is 5.13. The highest BCUT2D eigenvalue weighted by Crippen LogP contribution is 2.22. The molecular formula is C35H49BrN2O3S. The number of thiazole rings is 1. The van der Waals surface area contributed by atoms with Crippen LogP contribution in [0.1, 0.15) is 118 Å². The van der Waals surface area contributed by atoms with Crippen LogP contribution in [0.5, 0.6) is 5.75 Å². The molecule has 0 atom stereocenters. The second kappa shape index (κ2) is 20.4. The number of ketones is 1. The summed E-state index contributed by atoms with van der Waals surface area (Å²) < 4.78 is 8.18. The molecule has 5 nitrogen and oxygen atoms in total. The van der Waals surface area contributed by atoms with Gasteiger partial charge in [0, 0.05) is 18.2 Å². The number of ether oxygens (including phenoxy) is 1. The van der Waals surface area contributed by atoms with E-state index in [9.17, 15) is 9.59 Å². The molecule has 42 heavy (non-hydrogen) atoms. The predicted molar refractivity (Wildman–Crippen MR) is 170 cm³/mol. The summed E-state index contributed by atoms with van der Waals surface area (Å²) in [6.45, 7) is 7.28. The fourth-order valence-corrected chi connectivity index (χ4v) is 5.84. The van der Waals surface area contributed by atoms with Crippen LogP contribution in [0.15, 0.2) is 53.4 Å². The van der Waals surface area contributed by atoms with Gasteiger partial charge in [0.05, 0.1) is 24.0 Å². The first kappa shape index (κ1) is 35.7. The zero-order valence-corrected chi connectivity index (χ0v) is 28.2. The number of aromatic nitrogens is 1. The molecule has 7 heteroatoms. The number of aryl methyl sites for hydroxylation is 1. The molecule has 0 spiro atoms. The third-order valence-electron chi connectivity index (χ3n) is 7.49. The molecule has 0 saturated heterocycles. The lowest BCUT2D eigenvalue weighted by molar-refractivity contribution is -0.689. The molecule has 3 aromatic rings. The molecule has 0 fully saturated rings. The van der Waals surface area contributed by atoms with Gasteiger partial charge in [-0.1, -0.05) is 107 Å². The van der Waals surface area contributed by atoms with Gasteiger partial charge in [-0.3, -0.25) is 9.59 Å². The molecule has 0 bridgehead atoms. The van der Waals surface area contributed by atoms with E-state index in [1.54, 1.807) is 24.3 Å². The maximum Gasteiger partial charge on any atom is 0.228 e. The van der Waals surface area contributed by atoms with Crippen molar-refractivity contribution in [2.75, 3.05) is 11.9 Å². The van der Waals surface area contributed by atoms with Crippen LogP contribution in [0, 0.1) is 6.92 Å². The monoisotopic (exact) mass is 656 g/mol. The number of anilines is 1. The number of rotatable bonds is 20. The average Bonchev–Trinajstić information content (AvgIpc) is 3.35. The number of carbonyl (C=O) groups excluding carboxylic acids is 2. The predicted octanol–water partition coefficient (Wildman–Crippen LogP) is 5.86. The maximum absolute atomic E-state index is 12.8. The van der Waals surface area contributed by atoms with Crippen molar-refractivity contribution >= 4 is 28.7 Å². The molecule has 0 saturated carbocycles. The Hall–Kier alpha value is -2.51. The molecular weight excluding hydrogens is 608 g/mol. The van der Waals surface area contributed by atoms with Gasteiger partial charge < -0.3 is 27.0 Å². The molecule has 2 aromatic carbocycles. The van der Waals surface area contributed by atoms with E-state index in [4.69, 9.17) is 4.74 Å². The minimum Gasteiger partial charge on any atom is -1.00 e. The van der Waals surface area contributed by atoms with Crippen molar-refractivity contribution in [1.82, 2.24) is 0 Å². The Bertz CT molecular complexity index is 1230. The van der Waals surface area contributed by atoms with Crippen LogP contribution < -0.4 is 31.6 Å². The lowest BCUT2D eigenvalue weighted by Gasteiger charge is -2.12. The first-order valence-electron chi connectivity index (χ1n) is 15.5. The van der Waals surface area contributed by atoms with Gasteiger partial charge in [-0.05, 0) is 43.2 Å². The van der Waals surface area contributed by atoms with Gasteiger partial charge in [0.25, 0.3) is 0 Å². The van der Waals surface area contributed by atoms with E-state index in [-0.39, 0.29) is 35.1 Å². The fraction of sp³-hybridized carbons (Fsp3) is 0.514. The Kier molecular flexibility index (Phi) is 17.3. The van der Waals surface area contributed by atoms with Crippen molar-refractivity contribution in [2.24, 2.45) is 0 Å². The smallest absolute Gasteiger partial charge is 0.228 e. The van der Waals surface area contributed by atoms with Gasteiger partial charge in [0.2, 0.25) is 11.4 Å². The highest BCUT2D eigenvalue weighted by atomic mass is 79.9. The normalized spacial score (nSPS) is 10.7. The zero-order chi connectivity index (χ0) is 29.3. The van der Waals surface area contributed by atoms with Crippen LogP contribution in [-0.2, 0) is 17.8 Å². The number of hydrogen-bond donors (Lipinski definition) is 1. The number of benzene rings is 2. The molecule has 1 amide bonds. The van der Waals surface area contributed by atoms with Crippen molar-refractivity contribution in [3.63, 3.8) is 0 Å². The molecule has 0 unspecified atom stereocenters. The van der Waals surface area contributed by atoms with Crippen LogP contribution in [0.2, 0.25) is 0 Å². The third-order valence-corrected chi connectivity index (χ3v) is 8.34. The van der Waals surface area contributed by atoms with Crippen molar-refractivity contribution in [2.45, 2.75) is 111 Å². The second-order valence-corrected chi connectivity index (χ2v) is 11.9. The Morgan fingerprint density at radius 3 is 2.14 bits per heavy atom. The van der Waals surface area contributed by atoms with Gasteiger partial charge in [0.1, 0.15) is 5.75 Å². The summed E-state index contributed by atoms with van der Waals surface area (Å²) in [5.74, 6) is 0.450. The van der Waals surface area contributed by atoms with Crippen LogP contribution in [0.3, 0.4) is 0 Å². The summed E-state index contributed by atoms with van der Waals surface area (Å²) in [4.78, 5) is 25.1. The molecule has 0 aliphatic rings. The maximum atomic E-state index is 12.8. The Labute approximate surface area is 267 Å². The summed E-state index contributed by atoms with van der Waals surface area (Å²) in [6, 6.07) is 13.5. The molecule has 0 aliphatic carbocycles. The van der Waals surface area contributed by atoms with Gasteiger partial charge >= 0.3 is 0 Å². The number of unbranched alkanes of at least 4 members (excludes halogenated alkanes) is 11. The van der Waals surface area contributed by atoms with Gasteiger partial charge in [0.15, 0.2) is 18.0 Å². The van der Waals surface area contributed by atoms with E-state index in [2.05, 4.69) is 40.7 Å². The summed E-state index contributed by atoms with van der Waals surface area (Å²) in [6.07, 6.45) is 15.8. The van der Waals surface area contributed by atoms with Crippen LogP contribution in [0.4, 0.5) is 5.69 Å². The first-order valence-corrected chi connectivity index (χ1v) is 16.5. The number of Topliss-reactive ketones (excluding diaryl/α,β-unsaturated/α-hetero) is 1. The lowest BCUT2D eigenvalue weighted by atomic mass is 10.0. The summed E-state index contributed by atoms with van der Waals surface area (Å²) in [7, 11) is 0. The van der Waals surface area contributed by atoms with E-state index in [1.807, 2.05) is 30.3 Å². The van der Waals surface area contributed by atoms with Crippen LogP contribution >= 0.6 is 11.3 Å². The summed E-state index contributed by atoms with van der Waals surface area (Å²) >= 11 is 1.68. The largest absolute Gasteiger partial charge is 1.00 e. The average molecular weight is 658 g/mol. The molecule has 0 aliphatic heterocycles. The van der Waals surface area contributed by atoms with Gasteiger partial charge in [-0.15, -0.1) is 0 Å². The minimum absolute atomic E-state index is 0. The number of hydrogen-bond acceptors (Lipinski definition) is 4. The SMILES string of the molecule is CCCCCCCCCCCCCCOc1ccc(CC(=O)Nc2cccc(C[n+]3cscc3C)c2)cc1C(C)=O.[Br-]. The standard InChI is InChI=1S/C35H48N2O3S.BrH/c1-4-5-6-7-8-9-10-11-12-13-14-15-21-40-34-20-19-30(23-33(34)29(3)38)24-35(39)36-32-18-16-17-31(22-32)25-37-27-41-26-28(37)2;/h16-20,22-23,26-27H,4-15,21,24-25H2,1-3H3;1H. The van der Waals surface area contributed by atoms with E-state index in [0.29, 0.717) is 17.9 Å². The van der Waals surface area contributed by atoms with Gasteiger partial charge in [-0.25, -0.2) is 0 Å². The zero-order valence-electron chi connectivity index (χ0n) is 25.8. The van der Waals surface area contributed by atoms with E-state index in [1.165, 1.54) is 69.9 Å². The Morgan fingerprint density at radius 2 is 1.52 bits per heavy atom. The van der Waals surface area contributed by atoms with E-state index in [0.717, 1.165) is 36.2 Å². The number of nitrogens with one attached hydrogen (secondary N) is 1. The second-order valence-electron chi connectivity index (χ2n) is 11.2. The topological polar surface area (TPSA) is 59.3 Å². The number of nitrogens with zero attached hydrogens (tertiary/aromatic N) is 1. The number of halogens is 1. The summed E-state index contributed by atoms with van der Waals surface area (Å²) in [5.41, 5.74) is 6.55. The lowest BCUT2D eigenvalue weighted by Crippen LogP contribution is -3.00. The minimum atomic E-state index is -0.110. The van der Waals surface area contributed by atoms with E-state index < -0.39 is 0 Å². The molecule has 1 N–H and O–H groups in total. The Balaban J connectivity index is 0.00000616. The molecule has 1 aromatic heterocycles. The van der Waals surface area contributed by atoms with Crippen molar-refractivity contribution in [3.05, 3.63) is 75.7 Å². The Morgan fingerprint density at radius 1 is 0.857 bits per heavy atom. The van der Waals surface area contributed by atoms with E-state index >= 15 is 0 Å². The van der Waals surface area contributed by atoms with Crippen molar-refractivity contribution in [1.29, 1.82) is 0 Å². The highest BCUT2D eigenvalue weighted by Gasteiger charge is 2.13. The molecule has 1 heterocycles. The number of carbonyl (C=O) groups is 2. The van der Waals surface area contributed by atoms with Crippen LogP contribution in [-0.4, -0.2) is 18.3 Å². The quantitative estimate of drug-likeness (QED) is 0.0942. The van der Waals surface area contributed by atoms with Gasteiger partial charge in [-0.2, -0.15) is 4.57 Å². The van der Waals surface area contributed by atoms with Crippen LogP contribution in [0.25, 0.3) is 0 Å². The number of amides is 1. The highest BCUT2D eigenvalue weighted by molar-refractivity contribution is 7.07. The molecule has 230 valence electrons. The van der Waals surface area contributed by atoms with Crippen molar-refractivity contribution in [3.8, 4) is 5.75 Å². The third kappa shape index (κ3) is 13.2. The van der Waals surface area contributed by atoms with Crippen molar-refractivity contribution < 1.29 is 35.9 Å². The molecule has 0 radical (unpaired) electrons. The first-order chi connectivity index (χ1) is 20.0. The fourth-order valence-electron chi connectivity index (χ4n) is 5.06.